The third-order valence-electron chi connectivity index (χ3n) is 5.00. The second kappa shape index (κ2) is 8.02. The van der Waals surface area contributed by atoms with E-state index in [4.69, 9.17) is 18.9 Å². The second-order valence-electron chi connectivity index (χ2n) is 6.78. The van der Waals surface area contributed by atoms with Crippen molar-refractivity contribution in [2.24, 2.45) is 0 Å². The van der Waals surface area contributed by atoms with Crippen molar-refractivity contribution >= 4 is 0 Å². The van der Waals surface area contributed by atoms with E-state index in [1.807, 2.05) is 26.0 Å². The zero-order chi connectivity index (χ0) is 17.8. The van der Waals surface area contributed by atoms with Gasteiger partial charge in [-0.3, -0.25) is 4.90 Å². The molecule has 136 valence electrons. The Morgan fingerprint density at radius 1 is 1.24 bits per heavy atom. The lowest BCUT2D eigenvalue weighted by Gasteiger charge is -2.34. The molecule has 1 saturated heterocycles. The van der Waals surface area contributed by atoms with Gasteiger partial charge in [0.2, 0.25) is 5.89 Å². The van der Waals surface area contributed by atoms with Crippen LogP contribution in [0.1, 0.15) is 36.3 Å². The summed E-state index contributed by atoms with van der Waals surface area (Å²) in [6.07, 6.45) is 3.70. The van der Waals surface area contributed by atoms with E-state index in [9.17, 15) is 0 Å². The topological polar surface area (TPSA) is 47.7 Å². The summed E-state index contributed by atoms with van der Waals surface area (Å²) in [7, 11) is 3.46. The maximum atomic E-state index is 5.96. The number of aromatic nitrogens is 1. The van der Waals surface area contributed by atoms with E-state index in [0.717, 1.165) is 48.0 Å². The lowest BCUT2D eigenvalue weighted by Crippen LogP contribution is -2.41. The van der Waals surface area contributed by atoms with Crippen molar-refractivity contribution in [1.82, 2.24) is 9.88 Å². The number of likely N-dealkylation sites (tertiary alicyclic amines) is 1. The number of benzene rings is 1. The maximum Gasteiger partial charge on any atom is 0.226 e. The lowest BCUT2D eigenvalue weighted by molar-refractivity contribution is 0.0590. The third-order valence-corrected chi connectivity index (χ3v) is 5.00. The van der Waals surface area contributed by atoms with E-state index < -0.39 is 0 Å². The van der Waals surface area contributed by atoms with Gasteiger partial charge in [0.05, 0.1) is 19.4 Å². The fourth-order valence-electron chi connectivity index (χ4n) is 3.55. The first-order chi connectivity index (χ1) is 12.1. The zero-order valence-corrected chi connectivity index (χ0v) is 15.7. The highest BCUT2D eigenvalue weighted by Crippen LogP contribution is 2.28. The van der Waals surface area contributed by atoms with Crippen molar-refractivity contribution in [2.45, 2.75) is 45.7 Å². The molecule has 1 aromatic carbocycles. The third kappa shape index (κ3) is 4.05. The van der Waals surface area contributed by atoms with Crippen molar-refractivity contribution in [1.29, 1.82) is 0 Å². The molecule has 1 aliphatic rings. The molecule has 0 bridgehead atoms. The molecule has 25 heavy (non-hydrogen) atoms. The Bertz CT molecular complexity index is 709. The van der Waals surface area contributed by atoms with E-state index in [0.29, 0.717) is 11.9 Å². The van der Waals surface area contributed by atoms with Gasteiger partial charge in [-0.25, -0.2) is 4.98 Å². The van der Waals surface area contributed by atoms with Crippen molar-refractivity contribution in [2.75, 3.05) is 27.4 Å². The molecule has 5 heteroatoms. The molecule has 0 unspecified atom stereocenters. The fraction of sp³-hybridized carbons (Fsp3) is 0.550. The summed E-state index contributed by atoms with van der Waals surface area (Å²) < 4.78 is 16.7. The molecule has 2 heterocycles. The van der Waals surface area contributed by atoms with Crippen LogP contribution in [0.2, 0.25) is 0 Å². The molecule has 0 aliphatic carbocycles. The van der Waals surface area contributed by atoms with E-state index >= 15 is 0 Å². The summed E-state index contributed by atoms with van der Waals surface area (Å²) in [6.45, 7) is 6.72. The molecule has 2 aromatic rings. The van der Waals surface area contributed by atoms with Crippen molar-refractivity contribution in [3.63, 3.8) is 0 Å². The molecule has 0 spiro atoms. The SMILES string of the molecule is COC[C@@H]1CCCCN1Cc1nc(-c2ccc(OC)c(C)c2)oc1C. The molecule has 0 radical (unpaired) electrons. The molecule has 1 fully saturated rings. The van der Waals surface area contributed by atoms with Crippen LogP contribution in [0.15, 0.2) is 22.6 Å². The fourth-order valence-corrected chi connectivity index (χ4v) is 3.55. The summed E-state index contributed by atoms with van der Waals surface area (Å²) in [5.74, 6) is 2.45. The normalized spacial score (nSPS) is 18.5. The predicted molar refractivity (Wildman–Crippen MR) is 97.9 cm³/mol. The largest absolute Gasteiger partial charge is 0.496 e. The Hall–Kier alpha value is -1.85. The Morgan fingerprint density at radius 2 is 2.08 bits per heavy atom. The molecule has 0 saturated carbocycles. The number of hydrogen-bond donors (Lipinski definition) is 0. The van der Waals surface area contributed by atoms with E-state index in [1.165, 1.54) is 19.3 Å². The van der Waals surface area contributed by atoms with Gasteiger partial charge in [-0.15, -0.1) is 0 Å². The van der Waals surface area contributed by atoms with Crippen LogP contribution in [0.5, 0.6) is 5.75 Å². The van der Waals surface area contributed by atoms with Crippen LogP contribution in [0.4, 0.5) is 0 Å². The van der Waals surface area contributed by atoms with Crippen LogP contribution in [0, 0.1) is 13.8 Å². The van der Waals surface area contributed by atoms with E-state index in [2.05, 4.69) is 11.0 Å². The second-order valence-corrected chi connectivity index (χ2v) is 6.78. The van der Waals surface area contributed by atoms with Gasteiger partial charge < -0.3 is 13.9 Å². The van der Waals surface area contributed by atoms with Crippen molar-refractivity contribution in [3.8, 4) is 17.2 Å². The summed E-state index contributed by atoms with van der Waals surface area (Å²) >= 11 is 0. The van der Waals surface area contributed by atoms with Crippen LogP contribution in [-0.2, 0) is 11.3 Å². The van der Waals surface area contributed by atoms with Gasteiger partial charge in [-0.1, -0.05) is 6.42 Å². The quantitative estimate of drug-likeness (QED) is 0.793. The Balaban J connectivity index is 1.79. The molecule has 1 aliphatic heterocycles. The van der Waals surface area contributed by atoms with Crippen LogP contribution in [0.3, 0.4) is 0 Å². The number of nitrogens with zero attached hydrogens (tertiary/aromatic N) is 2. The van der Waals surface area contributed by atoms with Crippen LogP contribution in [0.25, 0.3) is 11.5 Å². The number of rotatable bonds is 6. The average Bonchev–Trinajstić information content (AvgIpc) is 2.97. The van der Waals surface area contributed by atoms with Crippen LogP contribution < -0.4 is 4.74 Å². The Kier molecular flexibility index (Phi) is 5.76. The maximum absolute atomic E-state index is 5.96. The standard InChI is InChI=1S/C20H28N2O3/c1-14-11-16(8-9-19(14)24-4)20-21-18(15(2)25-20)12-22-10-6-5-7-17(22)13-23-3/h8-9,11,17H,5-7,10,12-13H2,1-4H3/t17-/m0/s1. The molecule has 0 N–H and O–H groups in total. The predicted octanol–water partition coefficient (Wildman–Crippen LogP) is 3.97. The van der Waals surface area contributed by atoms with Crippen LogP contribution >= 0.6 is 0 Å². The molecule has 5 nitrogen and oxygen atoms in total. The van der Waals surface area contributed by atoms with E-state index in [-0.39, 0.29) is 0 Å². The van der Waals surface area contributed by atoms with Gasteiger partial charge in [-0.05, 0) is 57.0 Å². The molecule has 0 amide bonds. The monoisotopic (exact) mass is 344 g/mol. The highest BCUT2D eigenvalue weighted by atomic mass is 16.5. The first-order valence-corrected chi connectivity index (χ1v) is 8.96. The Morgan fingerprint density at radius 3 is 2.80 bits per heavy atom. The van der Waals surface area contributed by atoms with Gasteiger partial charge in [0, 0.05) is 25.3 Å². The van der Waals surface area contributed by atoms with E-state index in [1.54, 1.807) is 14.2 Å². The van der Waals surface area contributed by atoms with Gasteiger partial charge in [0.1, 0.15) is 11.5 Å². The van der Waals surface area contributed by atoms with Crippen LogP contribution in [-0.4, -0.2) is 43.3 Å². The number of hydrogen-bond acceptors (Lipinski definition) is 5. The summed E-state index contributed by atoms with van der Waals surface area (Å²) in [5.41, 5.74) is 3.08. The summed E-state index contributed by atoms with van der Waals surface area (Å²) in [5, 5.41) is 0. The number of piperidine rings is 1. The highest BCUT2D eigenvalue weighted by molar-refractivity contribution is 5.57. The first kappa shape index (κ1) is 18.0. The highest BCUT2D eigenvalue weighted by Gasteiger charge is 2.24. The molecule has 1 aromatic heterocycles. The molecular weight excluding hydrogens is 316 g/mol. The minimum atomic E-state index is 0.474. The average molecular weight is 344 g/mol. The number of ether oxygens (including phenoxy) is 2. The molecule has 1 atom stereocenters. The Labute approximate surface area is 149 Å². The summed E-state index contributed by atoms with van der Waals surface area (Å²) in [6, 6.07) is 6.49. The first-order valence-electron chi connectivity index (χ1n) is 8.96. The number of methoxy groups -OCH3 is 2. The molecule has 3 rings (SSSR count). The zero-order valence-electron chi connectivity index (χ0n) is 15.7. The lowest BCUT2D eigenvalue weighted by atomic mass is 10.0. The summed E-state index contributed by atoms with van der Waals surface area (Å²) in [4.78, 5) is 7.25. The van der Waals surface area contributed by atoms with Gasteiger partial charge in [-0.2, -0.15) is 0 Å². The van der Waals surface area contributed by atoms with Crippen molar-refractivity contribution < 1.29 is 13.9 Å². The van der Waals surface area contributed by atoms with Crippen molar-refractivity contribution in [3.05, 3.63) is 35.2 Å². The molecular formula is C20H28N2O3. The smallest absolute Gasteiger partial charge is 0.226 e. The van der Waals surface area contributed by atoms with Gasteiger partial charge in [0.15, 0.2) is 0 Å². The minimum absolute atomic E-state index is 0.474. The minimum Gasteiger partial charge on any atom is -0.496 e. The van der Waals surface area contributed by atoms with Gasteiger partial charge in [0.25, 0.3) is 0 Å². The van der Waals surface area contributed by atoms with Gasteiger partial charge >= 0.3 is 0 Å². The number of aryl methyl sites for hydroxylation is 2. The number of oxazole rings is 1.